The fourth-order valence-electron chi connectivity index (χ4n) is 2.19. The fraction of sp³-hybridized carbons (Fsp3) is 0.222. The van der Waals surface area contributed by atoms with Gasteiger partial charge in [-0.05, 0) is 50.2 Å². The third-order valence-electron chi connectivity index (χ3n) is 3.87. The first-order chi connectivity index (χ1) is 11.9. The lowest BCUT2D eigenvalue weighted by atomic mass is 9.90. The van der Waals surface area contributed by atoms with Gasteiger partial charge in [0.1, 0.15) is 5.41 Å². The molecule has 25 heavy (non-hydrogen) atoms. The van der Waals surface area contributed by atoms with Gasteiger partial charge in [0.05, 0.1) is 0 Å². The number of halogens is 1. The lowest BCUT2D eigenvalue weighted by Crippen LogP contribution is -2.41. The Morgan fingerprint density at radius 1 is 0.920 bits per heavy atom. The van der Waals surface area contributed by atoms with Gasteiger partial charge in [0.2, 0.25) is 18.6 Å². The Hall–Kier alpha value is -2.73. The van der Waals surface area contributed by atoms with Crippen molar-refractivity contribution in [1.82, 2.24) is 0 Å². The molecule has 0 radical (unpaired) electrons. The number of hydrogen-bond donors (Lipinski definition) is 2. The van der Waals surface area contributed by atoms with Crippen molar-refractivity contribution in [3.63, 3.8) is 0 Å². The van der Waals surface area contributed by atoms with Crippen LogP contribution >= 0.6 is 11.6 Å². The predicted molar refractivity (Wildman–Crippen MR) is 95.1 cm³/mol. The second-order valence-electron chi connectivity index (χ2n) is 6.11. The quantitative estimate of drug-likeness (QED) is 0.815. The molecule has 6 nitrogen and oxygen atoms in total. The van der Waals surface area contributed by atoms with Crippen molar-refractivity contribution in [3.8, 4) is 11.5 Å². The lowest BCUT2D eigenvalue weighted by molar-refractivity contribution is -0.135. The summed E-state index contributed by atoms with van der Waals surface area (Å²) in [5, 5.41) is 6.01. The van der Waals surface area contributed by atoms with Crippen molar-refractivity contribution in [2.45, 2.75) is 13.8 Å². The number of amides is 2. The summed E-state index contributed by atoms with van der Waals surface area (Å²) >= 11 is 5.82. The molecule has 0 bridgehead atoms. The third kappa shape index (κ3) is 3.69. The van der Waals surface area contributed by atoms with Gasteiger partial charge in [-0.25, -0.2) is 0 Å². The summed E-state index contributed by atoms with van der Waals surface area (Å²) in [4.78, 5) is 25.0. The molecule has 7 heteroatoms. The number of hydrogen-bond acceptors (Lipinski definition) is 4. The van der Waals surface area contributed by atoms with Crippen molar-refractivity contribution in [3.05, 3.63) is 47.5 Å². The normalized spacial score (nSPS) is 12.6. The van der Waals surface area contributed by atoms with Gasteiger partial charge in [-0.1, -0.05) is 11.6 Å². The average Bonchev–Trinajstić information content (AvgIpc) is 3.04. The van der Waals surface area contributed by atoms with E-state index in [1.54, 1.807) is 56.3 Å². The molecule has 1 aliphatic rings. The largest absolute Gasteiger partial charge is 0.454 e. The Labute approximate surface area is 150 Å². The van der Waals surface area contributed by atoms with Gasteiger partial charge in [-0.15, -0.1) is 0 Å². The van der Waals surface area contributed by atoms with E-state index < -0.39 is 17.2 Å². The number of carbonyl (C=O) groups is 2. The van der Waals surface area contributed by atoms with Crippen LogP contribution in [-0.4, -0.2) is 18.6 Å². The maximum absolute atomic E-state index is 12.6. The summed E-state index contributed by atoms with van der Waals surface area (Å²) in [7, 11) is 0. The van der Waals surface area contributed by atoms with E-state index in [0.29, 0.717) is 27.9 Å². The highest BCUT2D eigenvalue weighted by Crippen LogP contribution is 2.34. The Kier molecular flexibility index (Phi) is 4.55. The van der Waals surface area contributed by atoms with E-state index in [1.807, 2.05) is 0 Å². The van der Waals surface area contributed by atoms with E-state index in [-0.39, 0.29) is 6.79 Å². The minimum absolute atomic E-state index is 0.154. The number of fused-ring (bicyclic) bond motifs is 1. The maximum atomic E-state index is 12.6. The minimum atomic E-state index is -1.28. The number of ether oxygens (including phenoxy) is 2. The second-order valence-corrected chi connectivity index (χ2v) is 6.54. The van der Waals surface area contributed by atoms with Crippen LogP contribution < -0.4 is 20.1 Å². The van der Waals surface area contributed by atoms with Crippen LogP contribution in [0.2, 0.25) is 5.02 Å². The number of benzene rings is 2. The molecule has 1 heterocycles. The van der Waals surface area contributed by atoms with E-state index in [4.69, 9.17) is 21.1 Å². The zero-order valence-corrected chi connectivity index (χ0v) is 14.5. The summed E-state index contributed by atoms with van der Waals surface area (Å²) in [6.45, 7) is 3.27. The number of rotatable bonds is 4. The molecule has 0 unspecified atom stereocenters. The Morgan fingerprint density at radius 3 is 2.16 bits per heavy atom. The Morgan fingerprint density at radius 2 is 1.48 bits per heavy atom. The number of carbonyl (C=O) groups excluding carboxylic acids is 2. The van der Waals surface area contributed by atoms with Crippen molar-refractivity contribution in [2.24, 2.45) is 5.41 Å². The zero-order chi connectivity index (χ0) is 18.0. The highest BCUT2D eigenvalue weighted by molar-refractivity contribution is 6.30. The van der Waals surface area contributed by atoms with Gasteiger partial charge < -0.3 is 20.1 Å². The summed E-state index contributed by atoms with van der Waals surface area (Å²) in [5.74, 6) is 0.324. The van der Waals surface area contributed by atoms with E-state index in [0.717, 1.165) is 0 Å². The van der Waals surface area contributed by atoms with Crippen LogP contribution in [0.25, 0.3) is 0 Å². The topological polar surface area (TPSA) is 76.7 Å². The molecule has 2 aromatic rings. The first-order valence-corrected chi connectivity index (χ1v) is 8.02. The Bertz CT molecular complexity index is 818. The molecule has 2 aromatic carbocycles. The van der Waals surface area contributed by atoms with Crippen LogP contribution in [0.15, 0.2) is 42.5 Å². The molecular weight excluding hydrogens is 344 g/mol. The van der Waals surface area contributed by atoms with Gasteiger partial charge in [-0.3, -0.25) is 9.59 Å². The third-order valence-corrected chi connectivity index (χ3v) is 4.12. The van der Waals surface area contributed by atoms with Gasteiger partial charge >= 0.3 is 0 Å². The van der Waals surface area contributed by atoms with Crippen LogP contribution in [0, 0.1) is 5.41 Å². The lowest BCUT2D eigenvalue weighted by Gasteiger charge is -2.22. The molecule has 0 saturated heterocycles. The molecule has 0 atom stereocenters. The molecule has 0 aliphatic carbocycles. The molecule has 2 amide bonds. The van der Waals surface area contributed by atoms with Crippen molar-refractivity contribution in [2.75, 3.05) is 17.4 Å². The van der Waals surface area contributed by atoms with Crippen molar-refractivity contribution in [1.29, 1.82) is 0 Å². The van der Waals surface area contributed by atoms with E-state index >= 15 is 0 Å². The molecule has 0 spiro atoms. The Balaban J connectivity index is 1.69. The maximum Gasteiger partial charge on any atom is 0.239 e. The summed E-state index contributed by atoms with van der Waals surface area (Å²) in [5.41, 5.74) is -0.185. The van der Waals surface area contributed by atoms with Crippen LogP contribution in [0.4, 0.5) is 11.4 Å². The molecule has 0 aromatic heterocycles. The molecule has 130 valence electrons. The summed E-state index contributed by atoms with van der Waals surface area (Å²) in [6.07, 6.45) is 0. The smallest absolute Gasteiger partial charge is 0.239 e. The van der Waals surface area contributed by atoms with E-state index in [2.05, 4.69) is 10.6 Å². The first-order valence-electron chi connectivity index (χ1n) is 7.64. The zero-order valence-electron chi connectivity index (χ0n) is 13.8. The highest BCUT2D eigenvalue weighted by atomic mass is 35.5. The van der Waals surface area contributed by atoms with Crippen LogP contribution in [-0.2, 0) is 9.59 Å². The van der Waals surface area contributed by atoms with Crippen LogP contribution in [0.1, 0.15) is 13.8 Å². The van der Waals surface area contributed by atoms with Crippen LogP contribution in [0.5, 0.6) is 11.5 Å². The van der Waals surface area contributed by atoms with Gasteiger partial charge in [0, 0.05) is 22.5 Å². The number of nitrogens with one attached hydrogen (secondary N) is 2. The summed E-state index contributed by atoms with van der Waals surface area (Å²) in [6, 6.07) is 11.7. The first kappa shape index (κ1) is 17.1. The molecule has 0 saturated carbocycles. The summed E-state index contributed by atoms with van der Waals surface area (Å²) < 4.78 is 10.5. The standard InChI is InChI=1S/C18H17ClN2O4/c1-18(2,16(22)20-12-5-3-11(19)4-6-12)17(23)21-13-7-8-14-15(9-13)25-10-24-14/h3-9H,10H2,1-2H3,(H,20,22)(H,21,23). The van der Waals surface area contributed by atoms with Crippen molar-refractivity contribution >= 4 is 34.8 Å². The van der Waals surface area contributed by atoms with Gasteiger partial charge in [-0.2, -0.15) is 0 Å². The average molecular weight is 361 g/mol. The van der Waals surface area contributed by atoms with Gasteiger partial charge in [0.15, 0.2) is 11.5 Å². The molecule has 0 fully saturated rings. The number of anilines is 2. The molecular formula is C18H17ClN2O4. The second kappa shape index (κ2) is 6.64. The predicted octanol–water partition coefficient (Wildman–Crippen LogP) is 3.67. The minimum Gasteiger partial charge on any atom is -0.454 e. The van der Waals surface area contributed by atoms with E-state index in [1.165, 1.54) is 0 Å². The van der Waals surface area contributed by atoms with Crippen LogP contribution in [0.3, 0.4) is 0 Å². The highest BCUT2D eigenvalue weighted by Gasteiger charge is 2.36. The van der Waals surface area contributed by atoms with Gasteiger partial charge in [0.25, 0.3) is 0 Å². The molecule has 2 N–H and O–H groups in total. The van der Waals surface area contributed by atoms with E-state index in [9.17, 15) is 9.59 Å². The molecule has 1 aliphatic heterocycles. The monoisotopic (exact) mass is 360 g/mol. The SMILES string of the molecule is CC(C)(C(=O)Nc1ccc(Cl)cc1)C(=O)Nc1ccc2c(c1)OCO2. The van der Waals surface area contributed by atoms with Crippen molar-refractivity contribution < 1.29 is 19.1 Å². The fourth-order valence-corrected chi connectivity index (χ4v) is 2.31. The molecule has 3 rings (SSSR count).